The molecule has 0 saturated carbocycles. The summed E-state index contributed by atoms with van der Waals surface area (Å²) in [7, 11) is 0. The maximum atomic E-state index is 13.1. The number of carbonyl (C=O) groups excluding carboxylic acids is 1. The van der Waals surface area contributed by atoms with Gasteiger partial charge in [0.25, 0.3) is 0 Å². The summed E-state index contributed by atoms with van der Waals surface area (Å²) in [6, 6.07) is 23.6. The van der Waals surface area contributed by atoms with E-state index >= 15 is 0 Å². The zero-order chi connectivity index (χ0) is 24.7. The summed E-state index contributed by atoms with van der Waals surface area (Å²) in [4.78, 5) is 17.3. The van der Waals surface area contributed by atoms with Gasteiger partial charge in [0.05, 0.1) is 30.2 Å². The Morgan fingerprint density at radius 1 is 0.972 bits per heavy atom. The summed E-state index contributed by atoms with van der Waals surface area (Å²) >= 11 is 1.41. The topological polar surface area (TPSA) is 91.2 Å². The van der Waals surface area contributed by atoms with Crippen LogP contribution in [0.5, 0.6) is 0 Å². The van der Waals surface area contributed by atoms with Gasteiger partial charge in [-0.1, -0.05) is 42.1 Å². The Hall–Kier alpha value is -4.03. The third kappa shape index (κ3) is 5.44. The van der Waals surface area contributed by atoms with E-state index in [-0.39, 0.29) is 5.91 Å². The predicted molar refractivity (Wildman–Crippen MR) is 139 cm³/mol. The van der Waals surface area contributed by atoms with Crippen LogP contribution in [-0.4, -0.2) is 57.5 Å². The number of rotatable bonds is 7. The van der Waals surface area contributed by atoms with Gasteiger partial charge in [0.15, 0.2) is 10.9 Å². The SMILES string of the molecule is N#Cc1ccc(N2CCCN(C(=O)CSc3nnc(-c4ccco4)n3Cc3ccccc3)CC2)cc1. The Balaban J connectivity index is 1.24. The van der Waals surface area contributed by atoms with Crippen molar-refractivity contribution in [3.8, 4) is 17.7 Å². The minimum atomic E-state index is 0.0930. The van der Waals surface area contributed by atoms with Gasteiger partial charge in [-0.05, 0) is 48.4 Å². The first kappa shape index (κ1) is 23.7. The lowest BCUT2D eigenvalue weighted by Crippen LogP contribution is -2.36. The molecule has 36 heavy (non-hydrogen) atoms. The summed E-state index contributed by atoms with van der Waals surface area (Å²) < 4.78 is 7.58. The summed E-state index contributed by atoms with van der Waals surface area (Å²) in [5, 5.41) is 18.5. The minimum absolute atomic E-state index is 0.0930. The van der Waals surface area contributed by atoms with E-state index in [1.54, 1.807) is 6.26 Å². The Morgan fingerprint density at radius 3 is 2.56 bits per heavy atom. The fourth-order valence-corrected chi connectivity index (χ4v) is 5.12. The number of carbonyl (C=O) groups is 1. The Morgan fingerprint density at radius 2 is 1.81 bits per heavy atom. The number of nitrogens with zero attached hydrogens (tertiary/aromatic N) is 6. The number of benzene rings is 2. The van der Waals surface area contributed by atoms with E-state index in [2.05, 4.69) is 33.3 Å². The molecule has 0 atom stereocenters. The highest BCUT2D eigenvalue weighted by Gasteiger charge is 2.22. The van der Waals surface area contributed by atoms with Crippen molar-refractivity contribution in [1.29, 1.82) is 5.26 Å². The van der Waals surface area contributed by atoms with Crippen LogP contribution in [0, 0.1) is 11.3 Å². The lowest BCUT2D eigenvalue weighted by Gasteiger charge is -2.23. The molecule has 5 rings (SSSR count). The van der Waals surface area contributed by atoms with E-state index in [9.17, 15) is 4.79 Å². The summed E-state index contributed by atoms with van der Waals surface area (Å²) in [5.74, 6) is 1.68. The van der Waals surface area contributed by atoms with Crippen LogP contribution in [0.2, 0.25) is 0 Å². The molecule has 4 aromatic rings. The van der Waals surface area contributed by atoms with Crippen molar-refractivity contribution < 1.29 is 9.21 Å². The Bertz CT molecular complexity index is 1330. The Kier molecular flexibility index (Phi) is 7.33. The van der Waals surface area contributed by atoms with Crippen LogP contribution in [-0.2, 0) is 11.3 Å². The molecule has 0 radical (unpaired) electrons. The van der Waals surface area contributed by atoms with Crippen molar-refractivity contribution in [2.24, 2.45) is 0 Å². The van der Waals surface area contributed by atoms with Gasteiger partial charge < -0.3 is 14.2 Å². The standard InChI is InChI=1S/C27H26N6O2S/c28-18-21-9-11-23(12-10-21)31-13-5-14-32(16-15-31)25(34)20-36-27-30-29-26(24-8-4-17-35-24)33(27)19-22-6-2-1-3-7-22/h1-4,6-12,17H,5,13-16,19-20H2. The molecule has 1 aliphatic heterocycles. The maximum Gasteiger partial charge on any atom is 0.233 e. The van der Waals surface area contributed by atoms with Crippen LogP contribution in [0.4, 0.5) is 5.69 Å². The molecule has 1 saturated heterocycles. The highest BCUT2D eigenvalue weighted by Crippen LogP contribution is 2.26. The number of amides is 1. The third-order valence-corrected chi connectivity index (χ3v) is 7.13. The average Bonchev–Trinajstić information content (AvgIpc) is 3.52. The monoisotopic (exact) mass is 498 g/mol. The number of nitriles is 1. The molecule has 2 aromatic carbocycles. The first-order chi connectivity index (χ1) is 17.7. The molecule has 0 N–H and O–H groups in total. The highest BCUT2D eigenvalue weighted by molar-refractivity contribution is 7.99. The van der Waals surface area contributed by atoms with E-state index in [1.807, 2.05) is 64.1 Å². The van der Waals surface area contributed by atoms with E-state index in [0.717, 1.165) is 37.3 Å². The van der Waals surface area contributed by atoms with Gasteiger partial charge in [-0.25, -0.2) is 0 Å². The van der Waals surface area contributed by atoms with Gasteiger partial charge in [-0.15, -0.1) is 10.2 Å². The molecule has 3 heterocycles. The van der Waals surface area contributed by atoms with Crippen LogP contribution in [0.3, 0.4) is 0 Å². The van der Waals surface area contributed by atoms with Crippen molar-refractivity contribution in [3.05, 3.63) is 84.1 Å². The van der Waals surface area contributed by atoms with Gasteiger partial charge in [0.1, 0.15) is 0 Å². The zero-order valence-electron chi connectivity index (χ0n) is 19.8. The number of thioether (sulfide) groups is 1. The molecule has 182 valence electrons. The van der Waals surface area contributed by atoms with Crippen LogP contribution in [0.15, 0.2) is 82.6 Å². The smallest absolute Gasteiger partial charge is 0.233 e. The normalized spacial score (nSPS) is 13.9. The molecule has 0 spiro atoms. The van der Waals surface area contributed by atoms with Crippen molar-refractivity contribution in [3.63, 3.8) is 0 Å². The number of aromatic nitrogens is 3. The van der Waals surface area contributed by atoms with Crippen LogP contribution in [0.25, 0.3) is 11.6 Å². The second-order valence-electron chi connectivity index (χ2n) is 8.52. The highest BCUT2D eigenvalue weighted by atomic mass is 32.2. The molecule has 0 unspecified atom stereocenters. The van der Waals surface area contributed by atoms with Gasteiger partial charge in [0, 0.05) is 31.9 Å². The second-order valence-corrected chi connectivity index (χ2v) is 9.47. The lowest BCUT2D eigenvalue weighted by molar-refractivity contribution is -0.128. The molecular formula is C27H26N6O2S. The maximum absolute atomic E-state index is 13.1. The predicted octanol–water partition coefficient (Wildman–Crippen LogP) is 4.29. The number of anilines is 1. The summed E-state index contributed by atoms with van der Waals surface area (Å²) in [6.07, 6.45) is 2.51. The molecule has 0 aliphatic carbocycles. The zero-order valence-corrected chi connectivity index (χ0v) is 20.6. The van der Waals surface area contributed by atoms with Crippen molar-refractivity contribution in [2.75, 3.05) is 36.8 Å². The fraction of sp³-hybridized carbons (Fsp3) is 0.259. The molecule has 1 amide bonds. The molecule has 9 heteroatoms. The lowest BCUT2D eigenvalue weighted by atomic mass is 10.2. The fourth-order valence-electron chi connectivity index (χ4n) is 4.28. The summed E-state index contributed by atoms with van der Waals surface area (Å²) in [6.45, 7) is 3.60. The van der Waals surface area contributed by atoms with Crippen LogP contribution < -0.4 is 4.90 Å². The molecule has 1 aliphatic rings. The molecule has 1 fully saturated rings. The molecule has 2 aromatic heterocycles. The van der Waals surface area contributed by atoms with Crippen molar-refractivity contribution in [1.82, 2.24) is 19.7 Å². The minimum Gasteiger partial charge on any atom is -0.461 e. The van der Waals surface area contributed by atoms with E-state index in [1.165, 1.54) is 11.8 Å². The largest absolute Gasteiger partial charge is 0.461 e. The number of hydrogen-bond donors (Lipinski definition) is 0. The van der Waals surface area contributed by atoms with E-state index in [4.69, 9.17) is 9.68 Å². The van der Waals surface area contributed by atoms with Gasteiger partial charge in [-0.3, -0.25) is 9.36 Å². The van der Waals surface area contributed by atoms with E-state index < -0.39 is 0 Å². The van der Waals surface area contributed by atoms with Crippen molar-refractivity contribution in [2.45, 2.75) is 18.1 Å². The van der Waals surface area contributed by atoms with Crippen LogP contribution in [0.1, 0.15) is 17.5 Å². The van der Waals surface area contributed by atoms with E-state index in [0.29, 0.717) is 41.1 Å². The van der Waals surface area contributed by atoms with Crippen molar-refractivity contribution >= 4 is 23.4 Å². The number of hydrogen-bond acceptors (Lipinski definition) is 7. The molecular weight excluding hydrogens is 472 g/mol. The van der Waals surface area contributed by atoms with Crippen LogP contribution >= 0.6 is 11.8 Å². The first-order valence-corrected chi connectivity index (χ1v) is 12.9. The van der Waals surface area contributed by atoms with Gasteiger partial charge >= 0.3 is 0 Å². The quantitative estimate of drug-likeness (QED) is 0.351. The van der Waals surface area contributed by atoms with Gasteiger partial charge in [-0.2, -0.15) is 5.26 Å². The average molecular weight is 499 g/mol. The number of furan rings is 1. The summed E-state index contributed by atoms with van der Waals surface area (Å²) in [5.41, 5.74) is 2.85. The Labute approximate surface area is 214 Å². The second kappa shape index (κ2) is 11.1. The first-order valence-electron chi connectivity index (χ1n) is 11.9. The molecule has 0 bridgehead atoms. The molecule has 8 nitrogen and oxygen atoms in total. The van der Waals surface area contributed by atoms with Gasteiger partial charge in [0.2, 0.25) is 11.7 Å². The third-order valence-electron chi connectivity index (χ3n) is 6.18.